The molecule has 98 valence electrons. The molecule has 0 aromatic carbocycles. The van der Waals surface area contributed by atoms with Crippen molar-refractivity contribution in [2.24, 2.45) is 5.92 Å². The first kappa shape index (κ1) is 13.2. The Bertz CT molecular complexity index is 266. The number of rotatable bonds is 4. The van der Waals surface area contributed by atoms with Gasteiger partial charge in [0.25, 0.3) is 0 Å². The van der Waals surface area contributed by atoms with E-state index in [1.807, 2.05) is 4.90 Å². The van der Waals surface area contributed by atoms with Crippen molar-refractivity contribution in [3.05, 3.63) is 0 Å². The standard InChI is InChI=1S/C12H23N3OS/c1-13-2-4-14(5-3-13)6-7-15-9-11(10-17)8-12(15)16/h11,17H,2-10H2,1H3. The van der Waals surface area contributed by atoms with E-state index in [9.17, 15) is 4.79 Å². The zero-order chi connectivity index (χ0) is 12.3. The molecule has 2 aliphatic rings. The minimum Gasteiger partial charge on any atom is -0.341 e. The average Bonchev–Trinajstić information content (AvgIpc) is 2.69. The molecular formula is C12H23N3OS. The van der Waals surface area contributed by atoms with Crippen molar-refractivity contribution in [3.8, 4) is 0 Å². The Kier molecular flexibility index (Phi) is 4.70. The van der Waals surface area contributed by atoms with E-state index in [2.05, 4.69) is 29.5 Å². The summed E-state index contributed by atoms with van der Waals surface area (Å²) in [6, 6.07) is 0. The minimum absolute atomic E-state index is 0.318. The van der Waals surface area contributed by atoms with E-state index in [1.54, 1.807) is 0 Å². The van der Waals surface area contributed by atoms with Crippen LogP contribution in [0.25, 0.3) is 0 Å². The van der Waals surface area contributed by atoms with Crippen molar-refractivity contribution in [2.45, 2.75) is 6.42 Å². The molecule has 0 aliphatic carbocycles. The van der Waals surface area contributed by atoms with E-state index < -0.39 is 0 Å². The van der Waals surface area contributed by atoms with Gasteiger partial charge in [0.15, 0.2) is 0 Å². The molecular weight excluding hydrogens is 234 g/mol. The van der Waals surface area contributed by atoms with E-state index in [4.69, 9.17) is 0 Å². The highest BCUT2D eigenvalue weighted by Gasteiger charge is 2.28. The third kappa shape index (κ3) is 3.60. The van der Waals surface area contributed by atoms with Crippen molar-refractivity contribution in [1.82, 2.24) is 14.7 Å². The van der Waals surface area contributed by atoms with Crippen LogP contribution in [0.3, 0.4) is 0 Å². The van der Waals surface area contributed by atoms with Gasteiger partial charge in [-0.15, -0.1) is 0 Å². The first-order chi connectivity index (χ1) is 8.19. The zero-order valence-corrected chi connectivity index (χ0v) is 11.5. The summed E-state index contributed by atoms with van der Waals surface area (Å²) in [6.07, 6.45) is 0.701. The highest BCUT2D eigenvalue weighted by atomic mass is 32.1. The number of carbonyl (C=O) groups excluding carboxylic acids is 1. The average molecular weight is 257 g/mol. The molecule has 2 aliphatic heterocycles. The van der Waals surface area contributed by atoms with Crippen LogP contribution in [0.2, 0.25) is 0 Å². The first-order valence-electron chi connectivity index (χ1n) is 6.48. The van der Waals surface area contributed by atoms with Crippen LogP contribution in [0.15, 0.2) is 0 Å². The Morgan fingerprint density at radius 3 is 2.53 bits per heavy atom. The molecule has 0 bridgehead atoms. The summed E-state index contributed by atoms with van der Waals surface area (Å²) in [5, 5.41) is 0. The number of amides is 1. The normalized spacial score (nSPS) is 28.0. The fourth-order valence-electron chi connectivity index (χ4n) is 2.53. The highest BCUT2D eigenvalue weighted by Crippen LogP contribution is 2.18. The van der Waals surface area contributed by atoms with Gasteiger partial charge in [-0.2, -0.15) is 12.6 Å². The maximum absolute atomic E-state index is 11.7. The predicted octanol–water partition coefficient (Wildman–Crippen LogP) is 0.0121. The Morgan fingerprint density at radius 1 is 1.24 bits per heavy atom. The summed E-state index contributed by atoms with van der Waals surface area (Å²) in [5.41, 5.74) is 0. The van der Waals surface area contributed by atoms with Crippen LogP contribution < -0.4 is 0 Å². The van der Waals surface area contributed by atoms with Gasteiger partial charge in [0, 0.05) is 52.2 Å². The van der Waals surface area contributed by atoms with E-state index >= 15 is 0 Å². The number of likely N-dealkylation sites (tertiary alicyclic amines) is 1. The Labute approximate surface area is 109 Å². The molecule has 1 unspecified atom stereocenters. The van der Waals surface area contributed by atoms with Crippen LogP contribution in [0, 0.1) is 5.92 Å². The van der Waals surface area contributed by atoms with Gasteiger partial charge < -0.3 is 9.80 Å². The van der Waals surface area contributed by atoms with Crippen LogP contribution in [-0.2, 0) is 4.79 Å². The fraction of sp³-hybridized carbons (Fsp3) is 0.917. The number of likely N-dealkylation sites (N-methyl/N-ethyl adjacent to an activating group) is 1. The summed E-state index contributed by atoms with van der Waals surface area (Å²) < 4.78 is 0. The van der Waals surface area contributed by atoms with Crippen LogP contribution in [0.5, 0.6) is 0 Å². The lowest BCUT2D eigenvalue weighted by Gasteiger charge is -2.33. The van der Waals surface area contributed by atoms with Gasteiger partial charge >= 0.3 is 0 Å². The third-order valence-electron chi connectivity index (χ3n) is 3.83. The number of carbonyl (C=O) groups is 1. The SMILES string of the molecule is CN1CCN(CCN2CC(CS)CC2=O)CC1. The summed E-state index contributed by atoms with van der Waals surface area (Å²) in [6.45, 7) is 7.39. The van der Waals surface area contributed by atoms with Crippen LogP contribution in [0.4, 0.5) is 0 Å². The maximum Gasteiger partial charge on any atom is 0.222 e. The van der Waals surface area contributed by atoms with Crippen LogP contribution in [0.1, 0.15) is 6.42 Å². The van der Waals surface area contributed by atoms with Crippen molar-refractivity contribution >= 4 is 18.5 Å². The van der Waals surface area contributed by atoms with Gasteiger partial charge in [0.1, 0.15) is 0 Å². The molecule has 5 heteroatoms. The van der Waals surface area contributed by atoms with Crippen molar-refractivity contribution in [3.63, 3.8) is 0 Å². The second kappa shape index (κ2) is 6.07. The second-order valence-corrected chi connectivity index (χ2v) is 5.60. The molecule has 1 amide bonds. The van der Waals surface area contributed by atoms with Gasteiger partial charge in [-0.1, -0.05) is 0 Å². The fourth-order valence-corrected chi connectivity index (χ4v) is 2.77. The first-order valence-corrected chi connectivity index (χ1v) is 7.12. The van der Waals surface area contributed by atoms with Crippen LogP contribution in [-0.4, -0.2) is 79.2 Å². The molecule has 0 saturated carbocycles. The number of nitrogens with zero attached hydrogens (tertiary/aromatic N) is 3. The number of thiol groups is 1. The smallest absolute Gasteiger partial charge is 0.222 e. The minimum atomic E-state index is 0.318. The quantitative estimate of drug-likeness (QED) is 0.719. The summed E-state index contributed by atoms with van der Waals surface area (Å²) in [4.78, 5) is 18.6. The van der Waals surface area contributed by atoms with Gasteiger partial charge in [-0.25, -0.2) is 0 Å². The van der Waals surface area contributed by atoms with E-state index in [-0.39, 0.29) is 0 Å². The van der Waals surface area contributed by atoms with E-state index in [0.29, 0.717) is 18.2 Å². The molecule has 0 spiro atoms. The lowest BCUT2D eigenvalue weighted by molar-refractivity contribution is -0.127. The molecule has 0 aromatic heterocycles. The zero-order valence-electron chi connectivity index (χ0n) is 10.6. The Morgan fingerprint density at radius 2 is 1.94 bits per heavy atom. The molecule has 2 heterocycles. The molecule has 0 N–H and O–H groups in total. The molecule has 2 rings (SSSR count). The predicted molar refractivity (Wildman–Crippen MR) is 72.5 cm³/mol. The summed E-state index contributed by atoms with van der Waals surface area (Å²) >= 11 is 4.28. The Balaban J connectivity index is 1.70. The lowest BCUT2D eigenvalue weighted by Crippen LogP contribution is -2.47. The molecule has 0 aromatic rings. The molecule has 2 saturated heterocycles. The van der Waals surface area contributed by atoms with Gasteiger partial charge in [0.05, 0.1) is 0 Å². The molecule has 0 radical (unpaired) electrons. The monoisotopic (exact) mass is 257 g/mol. The molecule has 17 heavy (non-hydrogen) atoms. The summed E-state index contributed by atoms with van der Waals surface area (Å²) in [7, 11) is 2.17. The number of hydrogen-bond donors (Lipinski definition) is 1. The third-order valence-corrected chi connectivity index (χ3v) is 4.35. The highest BCUT2D eigenvalue weighted by molar-refractivity contribution is 7.80. The topological polar surface area (TPSA) is 26.8 Å². The van der Waals surface area contributed by atoms with E-state index in [0.717, 1.165) is 51.6 Å². The van der Waals surface area contributed by atoms with Crippen LogP contribution >= 0.6 is 12.6 Å². The molecule has 2 fully saturated rings. The second-order valence-electron chi connectivity index (χ2n) is 5.24. The number of piperazine rings is 1. The maximum atomic E-state index is 11.7. The van der Waals surface area contributed by atoms with E-state index in [1.165, 1.54) is 0 Å². The van der Waals surface area contributed by atoms with Crippen molar-refractivity contribution in [1.29, 1.82) is 0 Å². The lowest BCUT2D eigenvalue weighted by atomic mass is 10.1. The number of hydrogen-bond acceptors (Lipinski definition) is 4. The molecule has 1 atom stereocenters. The van der Waals surface area contributed by atoms with Gasteiger partial charge in [-0.05, 0) is 18.7 Å². The largest absolute Gasteiger partial charge is 0.341 e. The van der Waals surface area contributed by atoms with Crippen molar-refractivity contribution < 1.29 is 4.79 Å². The Hall–Kier alpha value is -0.260. The van der Waals surface area contributed by atoms with Crippen molar-refractivity contribution in [2.75, 3.05) is 58.6 Å². The van der Waals surface area contributed by atoms with Gasteiger partial charge in [0.2, 0.25) is 5.91 Å². The van der Waals surface area contributed by atoms with Gasteiger partial charge in [-0.3, -0.25) is 9.69 Å². The summed E-state index contributed by atoms with van der Waals surface area (Å²) in [5.74, 6) is 1.62. The molecule has 4 nitrogen and oxygen atoms in total.